The standard InChI is InChI=1S/C17H25BrFN3O2.HI/c1-20-17(21-10-4-3-7-16(23)24-2)22-11-5-6-13-8-9-14(18)12-15(13)19;/h8-9,12H,3-7,10-11H2,1-2H3,(H2,20,21,22);1H. The highest BCUT2D eigenvalue weighted by atomic mass is 127. The number of methoxy groups -OCH3 is 1. The Hall–Kier alpha value is -0.900. The third-order valence-electron chi connectivity index (χ3n) is 3.48. The lowest BCUT2D eigenvalue weighted by Crippen LogP contribution is -2.38. The number of carbonyl (C=O) groups is 1. The Bertz CT molecular complexity index is 559. The topological polar surface area (TPSA) is 62.7 Å². The molecule has 0 spiro atoms. The maximum atomic E-state index is 13.7. The van der Waals surface area contributed by atoms with Gasteiger partial charge in [-0.3, -0.25) is 9.79 Å². The van der Waals surface area contributed by atoms with E-state index in [0.29, 0.717) is 30.9 Å². The van der Waals surface area contributed by atoms with Crippen LogP contribution in [-0.4, -0.2) is 39.2 Å². The van der Waals surface area contributed by atoms with Crippen LogP contribution in [0.2, 0.25) is 0 Å². The van der Waals surface area contributed by atoms with Crippen molar-refractivity contribution in [3.8, 4) is 0 Å². The van der Waals surface area contributed by atoms with Gasteiger partial charge in [0.05, 0.1) is 7.11 Å². The fourth-order valence-corrected chi connectivity index (χ4v) is 2.47. The summed E-state index contributed by atoms with van der Waals surface area (Å²) in [7, 11) is 3.10. The molecule has 0 atom stereocenters. The van der Waals surface area contributed by atoms with Crippen LogP contribution in [0.4, 0.5) is 4.39 Å². The van der Waals surface area contributed by atoms with Crippen LogP contribution in [-0.2, 0) is 16.0 Å². The number of guanidine groups is 1. The molecule has 8 heteroatoms. The first-order valence-corrected chi connectivity index (χ1v) is 8.81. The zero-order valence-corrected chi connectivity index (χ0v) is 18.5. The molecule has 0 aliphatic carbocycles. The maximum absolute atomic E-state index is 13.7. The summed E-state index contributed by atoms with van der Waals surface area (Å²) in [5.41, 5.74) is 0.714. The van der Waals surface area contributed by atoms with Gasteiger partial charge >= 0.3 is 5.97 Å². The molecular weight excluding hydrogens is 504 g/mol. The third-order valence-corrected chi connectivity index (χ3v) is 3.98. The van der Waals surface area contributed by atoms with E-state index in [-0.39, 0.29) is 35.8 Å². The molecule has 142 valence electrons. The van der Waals surface area contributed by atoms with E-state index in [1.807, 2.05) is 6.07 Å². The molecule has 0 saturated heterocycles. The molecule has 1 aromatic rings. The van der Waals surface area contributed by atoms with Crippen LogP contribution in [0.5, 0.6) is 0 Å². The lowest BCUT2D eigenvalue weighted by Gasteiger charge is -2.12. The first-order valence-electron chi connectivity index (χ1n) is 8.02. The first kappa shape index (κ1) is 24.1. The predicted octanol–water partition coefficient (Wildman–Crippen LogP) is 3.65. The molecule has 25 heavy (non-hydrogen) atoms. The molecule has 0 unspecified atom stereocenters. The second kappa shape index (κ2) is 14.3. The zero-order chi connectivity index (χ0) is 17.8. The van der Waals surface area contributed by atoms with E-state index >= 15 is 0 Å². The summed E-state index contributed by atoms with van der Waals surface area (Å²) in [5, 5.41) is 6.38. The quantitative estimate of drug-likeness (QED) is 0.168. The molecule has 1 rings (SSSR count). The largest absolute Gasteiger partial charge is 0.469 e. The molecule has 0 aliphatic rings. The minimum absolute atomic E-state index is 0. The molecule has 0 bridgehead atoms. The van der Waals surface area contributed by atoms with E-state index in [1.165, 1.54) is 13.2 Å². The molecular formula is C17H26BrFIN3O2. The third kappa shape index (κ3) is 10.6. The van der Waals surface area contributed by atoms with Crippen molar-refractivity contribution in [2.24, 2.45) is 4.99 Å². The number of aryl methyl sites for hydroxylation is 1. The number of halogens is 3. The minimum atomic E-state index is -0.183. The number of hydrogen-bond acceptors (Lipinski definition) is 3. The average molecular weight is 530 g/mol. The number of unbranched alkanes of at least 4 members (excludes halogenated alkanes) is 1. The van der Waals surface area contributed by atoms with Crippen LogP contribution in [0.25, 0.3) is 0 Å². The van der Waals surface area contributed by atoms with E-state index in [2.05, 4.69) is 36.3 Å². The van der Waals surface area contributed by atoms with Crippen molar-refractivity contribution in [1.82, 2.24) is 10.6 Å². The maximum Gasteiger partial charge on any atom is 0.305 e. The fourth-order valence-electron chi connectivity index (χ4n) is 2.13. The number of hydrogen-bond donors (Lipinski definition) is 2. The number of carbonyl (C=O) groups excluding carboxylic acids is 1. The van der Waals surface area contributed by atoms with Gasteiger partial charge in [-0.05, 0) is 43.4 Å². The molecule has 0 aliphatic heterocycles. The SMILES string of the molecule is CN=C(NCCCCC(=O)OC)NCCCc1ccc(Br)cc1F.I. The number of ether oxygens (including phenoxy) is 1. The fraction of sp³-hybridized carbons (Fsp3) is 0.529. The molecule has 0 heterocycles. The van der Waals surface area contributed by atoms with Gasteiger partial charge in [-0.2, -0.15) is 0 Å². The van der Waals surface area contributed by atoms with Crippen LogP contribution < -0.4 is 10.6 Å². The highest BCUT2D eigenvalue weighted by molar-refractivity contribution is 14.0. The lowest BCUT2D eigenvalue weighted by atomic mass is 10.1. The number of benzene rings is 1. The van der Waals surface area contributed by atoms with Gasteiger partial charge in [0.1, 0.15) is 5.82 Å². The number of rotatable bonds is 9. The summed E-state index contributed by atoms with van der Waals surface area (Å²) >= 11 is 3.25. The number of nitrogens with one attached hydrogen (secondary N) is 2. The number of nitrogens with zero attached hydrogens (tertiary/aromatic N) is 1. The zero-order valence-electron chi connectivity index (χ0n) is 14.6. The van der Waals surface area contributed by atoms with Gasteiger partial charge in [-0.15, -0.1) is 24.0 Å². The Morgan fingerprint density at radius 3 is 2.52 bits per heavy atom. The van der Waals surface area contributed by atoms with E-state index in [1.54, 1.807) is 13.1 Å². The van der Waals surface area contributed by atoms with Crippen molar-refractivity contribution in [1.29, 1.82) is 0 Å². The summed E-state index contributed by atoms with van der Waals surface area (Å²) in [6.45, 7) is 1.44. The molecule has 0 aromatic heterocycles. The van der Waals surface area contributed by atoms with Gasteiger partial charge in [0.15, 0.2) is 5.96 Å². The smallest absolute Gasteiger partial charge is 0.305 e. The Labute approximate surface area is 174 Å². The lowest BCUT2D eigenvalue weighted by molar-refractivity contribution is -0.140. The van der Waals surface area contributed by atoms with Gasteiger partial charge in [0, 0.05) is 31.0 Å². The summed E-state index contributed by atoms with van der Waals surface area (Å²) in [6.07, 6.45) is 3.55. The van der Waals surface area contributed by atoms with E-state index in [0.717, 1.165) is 30.3 Å². The van der Waals surface area contributed by atoms with Crippen LogP contribution in [0.3, 0.4) is 0 Å². The number of aliphatic imine (C=N–C) groups is 1. The molecule has 0 fully saturated rings. The highest BCUT2D eigenvalue weighted by Crippen LogP contribution is 2.16. The van der Waals surface area contributed by atoms with Gasteiger partial charge in [-0.25, -0.2) is 4.39 Å². The van der Waals surface area contributed by atoms with Gasteiger partial charge in [-0.1, -0.05) is 22.0 Å². The summed E-state index contributed by atoms with van der Waals surface area (Å²) in [6, 6.07) is 5.13. The van der Waals surface area contributed by atoms with E-state index < -0.39 is 0 Å². The van der Waals surface area contributed by atoms with Crippen LogP contribution >= 0.6 is 39.9 Å². The predicted molar refractivity (Wildman–Crippen MR) is 113 cm³/mol. The average Bonchev–Trinajstić information content (AvgIpc) is 2.57. The normalized spacial score (nSPS) is 10.8. The van der Waals surface area contributed by atoms with Crippen LogP contribution in [0.15, 0.2) is 27.7 Å². The second-order valence-corrected chi connectivity index (χ2v) is 6.21. The molecule has 0 saturated carbocycles. The van der Waals surface area contributed by atoms with Crippen molar-refractivity contribution in [3.63, 3.8) is 0 Å². The Morgan fingerprint density at radius 1 is 1.24 bits per heavy atom. The van der Waals surface area contributed by atoms with Crippen LogP contribution in [0.1, 0.15) is 31.2 Å². The van der Waals surface area contributed by atoms with Crippen molar-refractivity contribution >= 4 is 51.8 Å². The minimum Gasteiger partial charge on any atom is -0.469 e. The van der Waals surface area contributed by atoms with Gasteiger partial charge < -0.3 is 15.4 Å². The molecule has 0 radical (unpaired) electrons. The number of esters is 1. The summed E-state index contributed by atoms with van der Waals surface area (Å²) in [5.74, 6) is 0.347. The molecule has 2 N–H and O–H groups in total. The second-order valence-electron chi connectivity index (χ2n) is 5.30. The summed E-state index contributed by atoms with van der Waals surface area (Å²) < 4.78 is 19.0. The molecule has 1 aromatic carbocycles. The Morgan fingerprint density at radius 2 is 1.92 bits per heavy atom. The van der Waals surface area contributed by atoms with Gasteiger partial charge in [0.25, 0.3) is 0 Å². The van der Waals surface area contributed by atoms with Crippen molar-refractivity contribution < 1.29 is 13.9 Å². The Kier molecular flexibility index (Phi) is 13.8. The van der Waals surface area contributed by atoms with Crippen molar-refractivity contribution in [2.75, 3.05) is 27.2 Å². The molecule has 5 nitrogen and oxygen atoms in total. The highest BCUT2D eigenvalue weighted by Gasteiger charge is 2.03. The Balaban J connectivity index is 0.00000576. The van der Waals surface area contributed by atoms with Crippen molar-refractivity contribution in [3.05, 3.63) is 34.1 Å². The van der Waals surface area contributed by atoms with E-state index in [9.17, 15) is 9.18 Å². The molecule has 0 amide bonds. The van der Waals surface area contributed by atoms with Crippen LogP contribution in [0, 0.1) is 5.82 Å². The summed E-state index contributed by atoms with van der Waals surface area (Å²) in [4.78, 5) is 15.1. The van der Waals surface area contributed by atoms with E-state index in [4.69, 9.17) is 0 Å². The monoisotopic (exact) mass is 529 g/mol. The van der Waals surface area contributed by atoms with Crippen molar-refractivity contribution in [2.45, 2.75) is 32.1 Å². The first-order chi connectivity index (χ1) is 11.6. The van der Waals surface area contributed by atoms with Gasteiger partial charge in [0.2, 0.25) is 0 Å².